The summed E-state index contributed by atoms with van der Waals surface area (Å²) in [5.74, 6) is 2.39. The third kappa shape index (κ3) is 1.97. The monoisotopic (exact) mass is 207 g/mol. The van der Waals surface area contributed by atoms with Crippen LogP contribution in [-0.2, 0) is 0 Å². The molecule has 84 valence electrons. The molecule has 0 saturated heterocycles. The zero-order valence-electron chi connectivity index (χ0n) is 9.34. The molecule has 0 aromatic rings. The Kier molecular flexibility index (Phi) is 2.15. The summed E-state index contributed by atoms with van der Waals surface area (Å²) in [5.41, 5.74) is 6.60. The van der Waals surface area contributed by atoms with Gasteiger partial charge in [0.15, 0.2) is 5.96 Å². The van der Waals surface area contributed by atoms with Crippen molar-refractivity contribution in [3.8, 4) is 0 Å². The van der Waals surface area contributed by atoms with Gasteiger partial charge in [0.1, 0.15) is 0 Å². The van der Waals surface area contributed by atoms with Gasteiger partial charge in [-0.2, -0.15) is 0 Å². The molecule has 3 fully saturated rings. The minimum atomic E-state index is 0.671. The molecule has 0 radical (unpaired) electrons. The molecule has 3 aliphatic rings. The van der Waals surface area contributed by atoms with Gasteiger partial charge in [-0.15, -0.1) is 0 Å². The number of hydrogen-bond donors (Lipinski definition) is 2. The van der Waals surface area contributed by atoms with E-state index in [2.05, 4.69) is 10.3 Å². The van der Waals surface area contributed by atoms with Crippen LogP contribution in [0.2, 0.25) is 0 Å². The molecule has 3 saturated carbocycles. The summed E-state index contributed by atoms with van der Waals surface area (Å²) in [6.45, 7) is 1.99. The number of aliphatic imine (C=N–C) groups is 1. The van der Waals surface area contributed by atoms with Gasteiger partial charge in [0.25, 0.3) is 0 Å². The first-order valence-electron chi connectivity index (χ1n) is 6.32. The Hall–Kier alpha value is -0.730. The Morgan fingerprint density at radius 1 is 1.40 bits per heavy atom. The van der Waals surface area contributed by atoms with Gasteiger partial charge in [-0.05, 0) is 49.4 Å². The largest absolute Gasteiger partial charge is 0.370 e. The first-order chi connectivity index (χ1) is 7.28. The molecule has 3 N–H and O–H groups in total. The first-order valence-corrected chi connectivity index (χ1v) is 6.32. The van der Waals surface area contributed by atoms with Gasteiger partial charge in [0.05, 0.1) is 0 Å². The topological polar surface area (TPSA) is 50.4 Å². The van der Waals surface area contributed by atoms with Crippen LogP contribution >= 0.6 is 0 Å². The molecule has 1 spiro atoms. The van der Waals surface area contributed by atoms with Crippen LogP contribution in [-0.4, -0.2) is 19.0 Å². The molecule has 0 heterocycles. The number of nitrogens with two attached hydrogens (primary N) is 1. The summed E-state index contributed by atoms with van der Waals surface area (Å²) in [6.07, 6.45) is 8.43. The van der Waals surface area contributed by atoms with Crippen LogP contribution in [0.1, 0.15) is 38.5 Å². The van der Waals surface area contributed by atoms with E-state index in [1.165, 1.54) is 38.5 Å². The maximum absolute atomic E-state index is 5.82. The highest BCUT2D eigenvalue weighted by molar-refractivity contribution is 5.77. The Morgan fingerprint density at radius 3 is 2.73 bits per heavy atom. The second-order valence-corrected chi connectivity index (χ2v) is 5.67. The Bertz CT molecular complexity index is 277. The highest BCUT2D eigenvalue weighted by atomic mass is 15.1. The smallest absolute Gasteiger partial charge is 0.188 e. The Labute approximate surface area is 91.5 Å². The SMILES string of the molecule is NC(=NCC1CCC1)NCC1CC12CC2. The average molecular weight is 207 g/mol. The predicted molar refractivity (Wildman–Crippen MR) is 61.6 cm³/mol. The van der Waals surface area contributed by atoms with Crippen LogP contribution in [0.3, 0.4) is 0 Å². The lowest BCUT2D eigenvalue weighted by Crippen LogP contribution is -2.34. The van der Waals surface area contributed by atoms with Crippen LogP contribution < -0.4 is 11.1 Å². The number of nitrogens with zero attached hydrogens (tertiary/aromatic N) is 1. The third-order valence-corrected chi connectivity index (χ3v) is 4.53. The normalized spacial score (nSPS) is 32.5. The molecule has 1 atom stereocenters. The molecule has 0 aromatic heterocycles. The fraction of sp³-hybridized carbons (Fsp3) is 0.917. The average Bonchev–Trinajstić information content (AvgIpc) is 3.03. The van der Waals surface area contributed by atoms with E-state index in [4.69, 9.17) is 5.73 Å². The molecule has 3 rings (SSSR count). The fourth-order valence-corrected chi connectivity index (χ4v) is 2.68. The van der Waals surface area contributed by atoms with Crippen molar-refractivity contribution in [2.24, 2.45) is 28.0 Å². The highest BCUT2D eigenvalue weighted by Gasteiger charge is 2.62. The van der Waals surface area contributed by atoms with Crippen LogP contribution in [0, 0.1) is 17.3 Å². The summed E-state index contributed by atoms with van der Waals surface area (Å²) in [4.78, 5) is 4.40. The van der Waals surface area contributed by atoms with Gasteiger partial charge in [-0.1, -0.05) is 6.42 Å². The third-order valence-electron chi connectivity index (χ3n) is 4.53. The van der Waals surface area contributed by atoms with Crippen LogP contribution in [0.15, 0.2) is 4.99 Å². The van der Waals surface area contributed by atoms with Crippen LogP contribution in [0.4, 0.5) is 0 Å². The van der Waals surface area contributed by atoms with E-state index in [1.807, 2.05) is 0 Å². The minimum Gasteiger partial charge on any atom is -0.370 e. The van der Waals surface area contributed by atoms with Crippen LogP contribution in [0.25, 0.3) is 0 Å². The molecular weight excluding hydrogens is 186 g/mol. The van der Waals surface area contributed by atoms with E-state index in [1.54, 1.807) is 0 Å². The second kappa shape index (κ2) is 3.39. The minimum absolute atomic E-state index is 0.671. The maximum Gasteiger partial charge on any atom is 0.188 e. The van der Waals surface area contributed by atoms with E-state index >= 15 is 0 Å². The van der Waals surface area contributed by atoms with Crippen molar-refractivity contribution < 1.29 is 0 Å². The van der Waals surface area contributed by atoms with Gasteiger partial charge < -0.3 is 11.1 Å². The zero-order valence-corrected chi connectivity index (χ0v) is 9.34. The van der Waals surface area contributed by atoms with E-state index in [9.17, 15) is 0 Å². The van der Waals surface area contributed by atoms with Gasteiger partial charge in [-0.25, -0.2) is 0 Å². The van der Waals surface area contributed by atoms with E-state index in [-0.39, 0.29) is 0 Å². The van der Waals surface area contributed by atoms with E-state index in [0.717, 1.165) is 30.3 Å². The number of guanidine groups is 1. The molecule has 3 nitrogen and oxygen atoms in total. The van der Waals surface area contributed by atoms with Crippen molar-refractivity contribution in [3.05, 3.63) is 0 Å². The Morgan fingerprint density at radius 2 is 2.20 bits per heavy atom. The molecule has 0 aromatic carbocycles. The van der Waals surface area contributed by atoms with Gasteiger partial charge in [0.2, 0.25) is 0 Å². The van der Waals surface area contributed by atoms with Crippen molar-refractivity contribution in [1.82, 2.24) is 5.32 Å². The van der Waals surface area contributed by atoms with Gasteiger partial charge in [0, 0.05) is 13.1 Å². The standard InChI is InChI=1S/C12H21N3/c13-11(14-7-9-2-1-3-9)15-8-10-6-12(10)4-5-12/h9-10H,1-8H2,(H3,13,14,15). The molecule has 0 amide bonds. The van der Waals surface area contributed by atoms with Crippen molar-refractivity contribution in [2.45, 2.75) is 38.5 Å². The van der Waals surface area contributed by atoms with Crippen molar-refractivity contribution >= 4 is 5.96 Å². The van der Waals surface area contributed by atoms with Crippen molar-refractivity contribution in [2.75, 3.05) is 13.1 Å². The predicted octanol–water partition coefficient (Wildman–Crippen LogP) is 1.49. The molecule has 0 aliphatic heterocycles. The van der Waals surface area contributed by atoms with E-state index in [0.29, 0.717) is 5.96 Å². The molecule has 15 heavy (non-hydrogen) atoms. The lowest BCUT2D eigenvalue weighted by atomic mass is 9.86. The van der Waals surface area contributed by atoms with E-state index < -0.39 is 0 Å². The summed E-state index contributed by atoms with van der Waals surface area (Å²) >= 11 is 0. The second-order valence-electron chi connectivity index (χ2n) is 5.67. The van der Waals surface area contributed by atoms with Crippen molar-refractivity contribution in [3.63, 3.8) is 0 Å². The summed E-state index contributed by atoms with van der Waals surface area (Å²) in [7, 11) is 0. The molecule has 1 unspecified atom stereocenters. The number of nitrogens with one attached hydrogen (secondary N) is 1. The zero-order chi connectivity index (χ0) is 10.3. The number of hydrogen-bond acceptors (Lipinski definition) is 1. The van der Waals surface area contributed by atoms with Gasteiger partial charge in [-0.3, -0.25) is 4.99 Å². The first kappa shape index (κ1) is 9.49. The summed E-state index contributed by atoms with van der Waals surface area (Å²) in [6, 6.07) is 0. The summed E-state index contributed by atoms with van der Waals surface area (Å²) in [5, 5.41) is 3.27. The highest BCUT2D eigenvalue weighted by Crippen LogP contribution is 2.70. The summed E-state index contributed by atoms with van der Waals surface area (Å²) < 4.78 is 0. The molecule has 3 heteroatoms. The fourth-order valence-electron chi connectivity index (χ4n) is 2.68. The Balaban J connectivity index is 1.35. The number of rotatable bonds is 4. The maximum atomic E-state index is 5.82. The molecule has 0 bridgehead atoms. The van der Waals surface area contributed by atoms with Gasteiger partial charge >= 0.3 is 0 Å². The quantitative estimate of drug-likeness (QED) is 0.542. The lowest BCUT2D eigenvalue weighted by Gasteiger charge is -2.23. The van der Waals surface area contributed by atoms with Crippen LogP contribution in [0.5, 0.6) is 0 Å². The molecule has 3 aliphatic carbocycles. The van der Waals surface area contributed by atoms with Crippen molar-refractivity contribution in [1.29, 1.82) is 0 Å². The lowest BCUT2D eigenvalue weighted by molar-refractivity contribution is 0.326. The molecular formula is C12H21N3.